The van der Waals surface area contributed by atoms with E-state index in [4.69, 9.17) is 0 Å². The number of methoxy groups -OCH3 is 1. The Kier molecular flexibility index (Phi) is 4.81. The van der Waals surface area contributed by atoms with E-state index in [-0.39, 0.29) is 0 Å². The average molecular weight is 240 g/mol. The van der Waals surface area contributed by atoms with Gasteiger partial charge in [0.1, 0.15) is 0 Å². The molecule has 0 bridgehead atoms. The van der Waals surface area contributed by atoms with Crippen LogP contribution in [-0.4, -0.2) is 32.1 Å². The number of hydrogen-bond acceptors (Lipinski definition) is 3. The highest BCUT2D eigenvalue weighted by Gasteiger charge is 2.60. The van der Waals surface area contributed by atoms with Crippen LogP contribution in [0.4, 0.5) is 26.3 Å². The van der Waals surface area contributed by atoms with E-state index in [9.17, 15) is 26.3 Å². The maximum atomic E-state index is 12.1. The molecule has 3 nitrogen and oxygen atoms in total. The molecule has 0 rings (SSSR count). The molecule has 92 valence electrons. The zero-order chi connectivity index (χ0) is 12.3. The third-order valence-electron chi connectivity index (χ3n) is 1.67. The smallest absolute Gasteiger partial charge is 0.383 e. The molecule has 0 aromatic heterocycles. The molecule has 0 radical (unpaired) electrons. The standard InChI is InChI=1S/C6H10F6N2O/c1-15-2-3(14-13)4(5(7,8)9)6(10,11)12/h3-4,14H,2,13H2,1H3. The highest BCUT2D eigenvalue weighted by atomic mass is 19.4. The maximum absolute atomic E-state index is 12.1. The van der Waals surface area contributed by atoms with E-state index in [0.29, 0.717) is 0 Å². The summed E-state index contributed by atoms with van der Waals surface area (Å²) in [5.41, 5.74) is 1.45. The lowest BCUT2D eigenvalue weighted by Gasteiger charge is -2.29. The SMILES string of the molecule is COCC(NN)C(C(F)(F)F)C(F)(F)F. The summed E-state index contributed by atoms with van der Waals surface area (Å²) >= 11 is 0. The predicted octanol–water partition coefficient (Wildman–Crippen LogP) is 1.21. The molecule has 9 heteroatoms. The summed E-state index contributed by atoms with van der Waals surface area (Å²) in [5, 5.41) is 0. The molecule has 0 saturated heterocycles. The van der Waals surface area contributed by atoms with Gasteiger partial charge in [0.2, 0.25) is 0 Å². The van der Waals surface area contributed by atoms with Gasteiger partial charge in [-0.1, -0.05) is 0 Å². The minimum Gasteiger partial charge on any atom is -0.383 e. The van der Waals surface area contributed by atoms with E-state index in [0.717, 1.165) is 7.11 Å². The predicted molar refractivity (Wildman–Crippen MR) is 38.6 cm³/mol. The summed E-state index contributed by atoms with van der Waals surface area (Å²) in [6.45, 7) is -0.791. The Balaban J connectivity index is 4.92. The number of ether oxygens (including phenoxy) is 1. The zero-order valence-electron chi connectivity index (χ0n) is 7.62. The molecule has 0 aromatic carbocycles. The lowest BCUT2D eigenvalue weighted by Crippen LogP contribution is -2.55. The van der Waals surface area contributed by atoms with Crippen molar-refractivity contribution in [1.82, 2.24) is 5.43 Å². The molecule has 1 unspecified atom stereocenters. The Labute approximate surface area is 81.5 Å². The molecule has 0 aromatic rings. The van der Waals surface area contributed by atoms with Gasteiger partial charge < -0.3 is 4.74 Å². The lowest BCUT2D eigenvalue weighted by molar-refractivity contribution is -0.294. The summed E-state index contributed by atoms with van der Waals surface area (Å²) < 4.78 is 76.9. The zero-order valence-corrected chi connectivity index (χ0v) is 7.62. The van der Waals surface area contributed by atoms with Gasteiger partial charge >= 0.3 is 12.4 Å². The Morgan fingerprint density at radius 1 is 1.13 bits per heavy atom. The van der Waals surface area contributed by atoms with Gasteiger partial charge in [-0.05, 0) is 0 Å². The first kappa shape index (κ1) is 14.5. The Morgan fingerprint density at radius 3 is 1.73 bits per heavy atom. The van der Waals surface area contributed by atoms with E-state index in [2.05, 4.69) is 10.6 Å². The fraction of sp³-hybridized carbons (Fsp3) is 1.00. The number of rotatable bonds is 4. The van der Waals surface area contributed by atoms with Crippen LogP contribution in [0.1, 0.15) is 0 Å². The molecule has 0 aliphatic heterocycles. The number of hydrazine groups is 1. The second kappa shape index (κ2) is 4.99. The molecule has 0 saturated carbocycles. The molecule has 0 amide bonds. The Hall–Kier alpha value is -0.540. The first-order valence-electron chi connectivity index (χ1n) is 3.73. The van der Waals surface area contributed by atoms with Crippen molar-refractivity contribution in [2.24, 2.45) is 11.8 Å². The molecule has 0 heterocycles. The van der Waals surface area contributed by atoms with Crippen molar-refractivity contribution in [3.8, 4) is 0 Å². The summed E-state index contributed by atoms with van der Waals surface area (Å²) in [4.78, 5) is 0. The Morgan fingerprint density at radius 2 is 1.53 bits per heavy atom. The van der Waals surface area contributed by atoms with Crippen LogP contribution < -0.4 is 11.3 Å². The molecule has 0 aliphatic carbocycles. The van der Waals surface area contributed by atoms with Gasteiger partial charge in [-0.2, -0.15) is 26.3 Å². The molecule has 1 atom stereocenters. The first-order chi connectivity index (χ1) is 6.64. The summed E-state index contributed by atoms with van der Waals surface area (Å²) in [7, 11) is 0.980. The number of halogens is 6. The molecule has 3 N–H and O–H groups in total. The minimum atomic E-state index is -5.42. The summed E-state index contributed by atoms with van der Waals surface area (Å²) in [6, 6.07) is -2.06. The number of nitrogens with two attached hydrogens (primary N) is 1. The molecular weight excluding hydrogens is 230 g/mol. The van der Waals surface area contributed by atoms with Crippen LogP contribution in [0.3, 0.4) is 0 Å². The topological polar surface area (TPSA) is 47.3 Å². The Bertz CT molecular complexity index is 177. The molecule has 0 fully saturated rings. The van der Waals surface area contributed by atoms with Crippen LogP contribution in [-0.2, 0) is 4.74 Å². The van der Waals surface area contributed by atoms with Crippen LogP contribution in [0.2, 0.25) is 0 Å². The lowest BCUT2D eigenvalue weighted by atomic mass is 10.00. The monoisotopic (exact) mass is 240 g/mol. The van der Waals surface area contributed by atoms with Crippen molar-refractivity contribution >= 4 is 0 Å². The fourth-order valence-electron chi connectivity index (χ4n) is 1.06. The fourth-order valence-corrected chi connectivity index (χ4v) is 1.06. The first-order valence-corrected chi connectivity index (χ1v) is 3.73. The normalized spacial score (nSPS) is 15.8. The quantitative estimate of drug-likeness (QED) is 0.441. The van der Waals surface area contributed by atoms with Crippen molar-refractivity contribution in [2.75, 3.05) is 13.7 Å². The second-order valence-electron chi connectivity index (χ2n) is 2.79. The van der Waals surface area contributed by atoms with E-state index in [1.807, 2.05) is 0 Å². The van der Waals surface area contributed by atoms with Gasteiger partial charge in [0.25, 0.3) is 0 Å². The van der Waals surface area contributed by atoms with Gasteiger partial charge in [-0.15, -0.1) is 0 Å². The van der Waals surface area contributed by atoms with Gasteiger partial charge in [0, 0.05) is 7.11 Å². The van der Waals surface area contributed by atoms with Crippen molar-refractivity contribution in [3.63, 3.8) is 0 Å². The minimum absolute atomic E-state index is 0.791. The number of alkyl halides is 6. The average Bonchev–Trinajstić information content (AvgIpc) is 1.98. The van der Waals surface area contributed by atoms with Gasteiger partial charge in [0.15, 0.2) is 5.92 Å². The van der Waals surface area contributed by atoms with Crippen molar-refractivity contribution < 1.29 is 31.1 Å². The van der Waals surface area contributed by atoms with Crippen LogP contribution in [0.25, 0.3) is 0 Å². The van der Waals surface area contributed by atoms with E-state index in [1.165, 1.54) is 5.43 Å². The summed E-state index contributed by atoms with van der Waals surface area (Å²) in [5.74, 6) is 1.08. The molecule has 15 heavy (non-hydrogen) atoms. The van der Waals surface area contributed by atoms with Crippen molar-refractivity contribution in [2.45, 2.75) is 18.4 Å². The summed E-state index contributed by atoms with van der Waals surface area (Å²) in [6.07, 6.45) is -10.8. The van der Waals surface area contributed by atoms with Gasteiger partial charge in [0.05, 0.1) is 12.6 Å². The van der Waals surface area contributed by atoms with Gasteiger partial charge in [-0.3, -0.25) is 11.3 Å². The van der Waals surface area contributed by atoms with Crippen LogP contribution in [0.15, 0.2) is 0 Å². The third-order valence-corrected chi connectivity index (χ3v) is 1.67. The number of hydrogen-bond donors (Lipinski definition) is 2. The van der Waals surface area contributed by atoms with E-state index < -0.39 is 30.9 Å². The van der Waals surface area contributed by atoms with Gasteiger partial charge in [-0.25, -0.2) is 0 Å². The molecular formula is C6H10F6N2O. The maximum Gasteiger partial charge on any atom is 0.402 e. The second-order valence-corrected chi connectivity index (χ2v) is 2.79. The molecule has 0 aliphatic rings. The van der Waals surface area contributed by atoms with Crippen LogP contribution in [0, 0.1) is 5.92 Å². The van der Waals surface area contributed by atoms with Crippen LogP contribution in [0.5, 0.6) is 0 Å². The van der Waals surface area contributed by atoms with E-state index in [1.54, 1.807) is 0 Å². The largest absolute Gasteiger partial charge is 0.402 e. The van der Waals surface area contributed by atoms with Crippen molar-refractivity contribution in [1.29, 1.82) is 0 Å². The highest BCUT2D eigenvalue weighted by Crippen LogP contribution is 2.41. The van der Waals surface area contributed by atoms with E-state index >= 15 is 0 Å². The highest BCUT2D eigenvalue weighted by molar-refractivity contribution is 4.85. The third kappa shape index (κ3) is 4.22. The number of nitrogens with one attached hydrogen (secondary N) is 1. The van der Waals surface area contributed by atoms with Crippen molar-refractivity contribution in [3.05, 3.63) is 0 Å². The molecule has 0 spiro atoms. The van der Waals surface area contributed by atoms with Crippen LogP contribution >= 0.6 is 0 Å².